The van der Waals surface area contributed by atoms with Crippen molar-refractivity contribution in [3.8, 4) is 0 Å². The van der Waals surface area contributed by atoms with Crippen molar-refractivity contribution >= 4 is 13.7 Å². The van der Waals surface area contributed by atoms with Gasteiger partial charge in [-0.2, -0.15) is 0 Å². The summed E-state index contributed by atoms with van der Waals surface area (Å²) < 4.78 is 23.8. The van der Waals surface area contributed by atoms with Gasteiger partial charge < -0.3 is 19.8 Å². The Kier molecular flexibility index (Phi) is 70.9. The van der Waals surface area contributed by atoms with Gasteiger partial charge in [0.15, 0.2) is 0 Å². The van der Waals surface area contributed by atoms with E-state index in [9.17, 15) is 19.4 Å². The van der Waals surface area contributed by atoms with Gasteiger partial charge in [-0.1, -0.05) is 357 Å². The van der Waals surface area contributed by atoms with Crippen LogP contribution in [0.25, 0.3) is 0 Å². The van der Waals surface area contributed by atoms with E-state index in [0.29, 0.717) is 17.4 Å². The molecule has 3 N–H and O–H groups in total. The molecule has 0 aromatic carbocycles. The van der Waals surface area contributed by atoms with Gasteiger partial charge in [-0.05, 0) is 122 Å². The fourth-order valence-electron chi connectivity index (χ4n) is 10.7. The summed E-state index contributed by atoms with van der Waals surface area (Å²) in [6.45, 7) is 4.67. The minimum Gasteiger partial charge on any atom is -0.387 e. The molecule has 0 heterocycles. The van der Waals surface area contributed by atoms with E-state index in [1.165, 1.54) is 167 Å². The summed E-state index contributed by atoms with van der Waals surface area (Å²) in [7, 11) is 1.52. The number of aliphatic hydroxyl groups excluding tert-OH is 1. The minimum absolute atomic E-state index is 0.0422. The lowest BCUT2D eigenvalue weighted by Crippen LogP contribution is -2.45. The van der Waals surface area contributed by atoms with E-state index in [4.69, 9.17) is 9.05 Å². The lowest BCUT2D eigenvalue weighted by atomic mass is 10.0. The van der Waals surface area contributed by atoms with E-state index >= 15 is 0 Å². The first-order valence-corrected chi connectivity index (χ1v) is 40.5. The Morgan fingerprint density at radius 1 is 0.368 bits per heavy atom. The van der Waals surface area contributed by atoms with Crippen molar-refractivity contribution in [1.29, 1.82) is 0 Å². The zero-order valence-electron chi connectivity index (χ0n) is 62.1. The zero-order chi connectivity index (χ0) is 69.0. The highest BCUT2D eigenvalue weighted by molar-refractivity contribution is 7.47. The average molecular weight is 1340 g/mol. The summed E-state index contributed by atoms with van der Waals surface area (Å²) in [5.74, 6) is -0.215. The number of unbranched alkanes of at least 4 members (excludes halogenated alkanes) is 31. The van der Waals surface area contributed by atoms with Crippen LogP contribution < -0.4 is 5.32 Å². The largest absolute Gasteiger partial charge is 0.472 e. The van der Waals surface area contributed by atoms with Crippen LogP contribution in [-0.2, 0) is 18.4 Å². The third kappa shape index (κ3) is 77.1. The van der Waals surface area contributed by atoms with E-state index in [-0.39, 0.29) is 19.1 Å². The summed E-state index contributed by atoms with van der Waals surface area (Å²) in [5, 5.41) is 14.0. The molecule has 3 atom stereocenters. The average Bonchev–Trinajstić information content (AvgIpc) is 2.01. The number of allylic oxidation sites excluding steroid dienone is 27. The molecule has 0 rings (SSSR count). The smallest absolute Gasteiger partial charge is 0.387 e. The van der Waals surface area contributed by atoms with Crippen molar-refractivity contribution in [1.82, 2.24) is 5.32 Å². The molecule has 0 saturated carbocycles. The predicted octanol–water partition coefficient (Wildman–Crippen LogP) is 25.8. The van der Waals surface area contributed by atoms with Gasteiger partial charge in [-0.15, -0.1) is 0 Å². The SMILES string of the molecule is CC/C=C\C/C=C\C/C=C\C/C=C\C/C=C\C/C=C\C/C=C\C/C=C\C/C=C\C/C=C\C/C=C\C/C=C\CCCCCCC(=O)NC(COP(=O)(O)OCC[N+](C)(C)C)C(O)/C=C/CC/C=C/CCCCCCCCCCCCCCCCCCCCCCCCCCCC. The number of carbonyl (C=O) groups excluding carboxylic acids is 1. The minimum atomic E-state index is -4.39. The van der Waals surface area contributed by atoms with Gasteiger partial charge in [0.1, 0.15) is 13.2 Å². The standard InChI is InChI=1S/C86H147N2O6P/c1-6-8-10-12-14-16-18-20-22-24-26-28-30-32-34-36-38-40-41-42-43-44-45-46-47-48-50-52-54-56-58-60-62-64-66-68-70-72-74-76-78-80-86(90)87-84(83-94-95(91,92)93-82-81-88(3,4)5)85(89)79-77-75-73-71-69-67-65-63-61-59-57-55-53-51-49-39-37-35-33-31-29-27-25-23-21-19-17-15-13-11-9-7-2/h8,10,14,16,20,22,26,28,32,34,38,40,42-43,45-46,48,50,54,56,60,62,66,68-69,71,77,79,84-85,89H,6-7,9,11-13,15,17-19,21,23-25,27,29-31,33,35-37,39,41,44,47,49,51-53,55,57-59,61,63-65,67,70,72-76,78,80-83H2,1-5H3,(H-,87,90,91,92)/p+1/b10-8-,16-14-,22-20-,28-26-,34-32-,40-38-,43-42-,46-45-,50-48-,56-54-,62-60-,68-66-,71-69+,79-77+. The maximum absolute atomic E-state index is 13.1. The number of quaternary nitrogens is 1. The fraction of sp³-hybridized carbons (Fsp3) is 0.663. The summed E-state index contributed by atoms with van der Waals surface area (Å²) in [6.07, 6.45) is 117. The molecule has 3 unspecified atom stereocenters. The van der Waals surface area contributed by atoms with Gasteiger partial charge in [-0.25, -0.2) is 4.57 Å². The second-order valence-electron chi connectivity index (χ2n) is 27.0. The van der Waals surface area contributed by atoms with E-state index in [0.717, 1.165) is 128 Å². The molecule has 0 aliphatic rings. The van der Waals surface area contributed by atoms with Crippen molar-refractivity contribution in [2.24, 2.45) is 0 Å². The zero-order valence-corrected chi connectivity index (χ0v) is 63.0. The van der Waals surface area contributed by atoms with Crippen molar-refractivity contribution in [2.45, 2.75) is 328 Å². The van der Waals surface area contributed by atoms with Crippen LogP contribution in [0.15, 0.2) is 170 Å². The van der Waals surface area contributed by atoms with E-state index in [2.05, 4.69) is 177 Å². The van der Waals surface area contributed by atoms with E-state index in [1.807, 2.05) is 27.2 Å². The van der Waals surface area contributed by atoms with Crippen LogP contribution >= 0.6 is 7.82 Å². The molecule has 0 aromatic rings. The highest BCUT2D eigenvalue weighted by Gasteiger charge is 2.28. The molecule has 0 aliphatic heterocycles. The molecule has 1 amide bonds. The lowest BCUT2D eigenvalue weighted by Gasteiger charge is -2.25. The Balaban J connectivity index is 4.18. The number of hydrogen-bond donors (Lipinski definition) is 3. The number of nitrogens with one attached hydrogen (secondary N) is 1. The van der Waals surface area contributed by atoms with Gasteiger partial charge in [0.2, 0.25) is 5.91 Å². The topological polar surface area (TPSA) is 105 Å². The number of aliphatic hydroxyl groups is 1. The molecule has 95 heavy (non-hydrogen) atoms. The molecule has 0 aromatic heterocycles. The van der Waals surface area contributed by atoms with Crippen molar-refractivity contribution in [3.05, 3.63) is 170 Å². The quantitative estimate of drug-likeness (QED) is 0.0243. The van der Waals surface area contributed by atoms with Crippen LogP contribution in [0.4, 0.5) is 0 Å². The van der Waals surface area contributed by atoms with Crippen molar-refractivity contribution in [3.63, 3.8) is 0 Å². The third-order valence-electron chi connectivity index (χ3n) is 16.7. The van der Waals surface area contributed by atoms with Crippen LogP contribution in [0.5, 0.6) is 0 Å². The summed E-state index contributed by atoms with van der Waals surface area (Å²) >= 11 is 0. The molecular formula is C86H148N2O6P+. The summed E-state index contributed by atoms with van der Waals surface area (Å²) in [4.78, 5) is 23.5. The van der Waals surface area contributed by atoms with Crippen LogP contribution in [-0.4, -0.2) is 73.4 Å². The number of phosphoric acid groups is 1. The molecule has 0 aliphatic carbocycles. The number of amides is 1. The summed E-state index contributed by atoms with van der Waals surface area (Å²) in [6, 6.07) is -0.893. The maximum Gasteiger partial charge on any atom is 0.472 e. The number of nitrogens with zero attached hydrogens (tertiary/aromatic N) is 1. The Labute approximate surface area is 587 Å². The second-order valence-corrected chi connectivity index (χ2v) is 28.4. The number of phosphoric ester groups is 1. The monoisotopic (exact) mass is 1340 g/mol. The van der Waals surface area contributed by atoms with Gasteiger partial charge in [-0.3, -0.25) is 13.8 Å². The van der Waals surface area contributed by atoms with Gasteiger partial charge >= 0.3 is 7.82 Å². The normalized spacial score (nSPS) is 14.5. The van der Waals surface area contributed by atoms with E-state index < -0.39 is 20.0 Å². The van der Waals surface area contributed by atoms with Gasteiger partial charge in [0.05, 0.1) is 39.9 Å². The molecule has 8 nitrogen and oxygen atoms in total. The first kappa shape index (κ1) is 90.9. The molecule has 0 spiro atoms. The molecule has 9 heteroatoms. The highest BCUT2D eigenvalue weighted by atomic mass is 31.2. The van der Waals surface area contributed by atoms with Crippen LogP contribution in [0.3, 0.4) is 0 Å². The third-order valence-corrected chi connectivity index (χ3v) is 17.7. The number of likely N-dealkylation sites (N-methyl/N-ethyl adjacent to an activating group) is 1. The van der Waals surface area contributed by atoms with Crippen LogP contribution in [0.2, 0.25) is 0 Å². The number of hydrogen-bond acceptors (Lipinski definition) is 5. The van der Waals surface area contributed by atoms with Crippen LogP contribution in [0, 0.1) is 0 Å². The molecule has 0 fully saturated rings. The Morgan fingerprint density at radius 3 is 0.968 bits per heavy atom. The van der Waals surface area contributed by atoms with Crippen molar-refractivity contribution < 1.29 is 32.9 Å². The number of carbonyl (C=O) groups is 1. The van der Waals surface area contributed by atoms with Crippen molar-refractivity contribution in [2.75, 3.05) is 40.9 Å². The molecule has 0 radical (unpaired) electrons. The first-order valence-electron chi connectivity index (χ1n) is 39.0. The molecule has 0 bridgehead atoms. The maximum atomic E-state index is 13.1. The predicted molar refractivity (Wildman–Crippen MR) is 419 cm³/mol. The Hall–Kier alpha value is -4.14. The Morgan fingerprint density at radius 2 is 0.642 bits per heavy atom. The highest BCUT2D eigenvalue weighted by Crippen LogP contribution is 2.43. The van der Waals surface area contributed by atoms with Crippen LogP contribution in [0.1, 0.15) is 316 Å². The Bertz CT molecular complexity index is 2160. The van der Waals surface area contributed by atoms with Gasteiger partial charge in [0, 0.05) is 6.42 Å². The molecular weight excluding hydrogens is 1190 g/mol. The number of rotatable bonds is 70. The van der Waals surface area contributed by atoms with E-state index in [1.54, 1.807) is 6.08 Å². The second kappa shape index (κ2) is 74.1. The van der Waals surface area contributed by atoms with Gasteiger partial charge in [0.25, 0.3) is 0 Å². The summed E-state index contributed by atoms with van der Waals surface area (Å²) in [5.41, 5.74) is 0. The molecule has 0 saturated heterocycles. The molecule has 542 valence electrons. The lowest BCUT2D eigenvalue weighted by molar-refractivity contribution is -0.870. The first-order chi connectivity index (χ1) is 46.5. The fourth-order valence-corrected chi connectivity index (χ4v) is 11.4.